The third-order valence-electron chi connectivity index (χ3n) is 4.90. The molecule has 0 spiro atoms. The second kappa shape index (κ2) is 16.3. The first-order valence-electron chi connectivity index (χ1n) is 11.6. The number of alkyl carbamates (subject to hydrolysis) is 1. The van der Waals surface area contributed by atoms with Crippen molar-refractivity contribution < 1.29 is 19.4 Å². The van der Waals surface area contributed by atoms with Gasteiger partial charge in [0.2, 0.25) is 0 Å². The first kappa shape index (κ1) is 30.6. The van der Waals surface area contributed by atoms with Gasteiger partial charge in [-0.05, 0) is 60.0 Å². The van der Waals surface area contributed by atoms with Crippen molar-refractivity contribution >= 4 is 6.09 Å². The summed E-state index contributed by atoms with van der Waals surface area (Å²) in [6.45, 7) is 17.5. The van der Waals surface area contributed by atoms with Crippen molar-refractivity contribution in [3.05, 3.63) is 71.9 Å². The number of carbonyl (C=O) groups is 1. The van der Waals surface area contributed by atoms with Crippen molar-refractivity contribution in [3.63, 3.8) is 0 Å². The predicted octanol–water partition coefficient (Wildman–Crippen LogP) is 6.44. The Morgan fingerprint density at radius 2 is 1.76 bits per heavy atom. The molecule has 5 heteroatoms. The van der Waals surface area contributed by atoms with Crippen LogP contribution in [0.5, 0.6) is 0 Å². The van der Waals surface area contributed by atoms with Gasteiger partial charge in [-0.2, -0.15) is 0 Å². The predicted molar refractivity (Wildman–Crippen MR) is 139 cm³/mol. The first-order valence-corrected chi connectivity index (χ1v) is 11.6. The zero-order valence-corrected chi connectivity index (χ0v) is 21.9. The normalized spacial score (nSPS) is 16.7. The van der Waals surface area contributed by atoms with Crippen molar-refractivity contribution in [1.82, 2.24) is 5.32 Å². The van der Waals surface area contributed by atoms with Gasteiger partial charge in [-0.15, -0.1) is 0 Å². The van der Waals surface area contributed by atoms with E-state index in [9.17, 15) is 9.90 Å². The topological polar surface area (TPSA) is 67.8 Å². The van der Waals surface area contributed by atoms with Crippen LogP contribution in [0, 0.1) is 5.92 Å². The zero-order valence-electron chi connectivity index (χ0n) is 21.9. The Hall–Kier alpha value is -2.37. The molecule has 0 radical (unpaired) electrons. The number of aliphatic hydroxyl groups is 1. The van der Waals surface area contributed by atoms with Crippen LogP contribution >= 0.6 is 0 Å². The number of hydrogen-bond acceptors (Lipinski definition) is 4. The lowest BCUT2D eigenvalue weighted by Gasteiger charge is -2.19. The molecule has 0 fully saturated rings. The third kappa shape index (κ3) is 16.0. The largest absolute Gasteiger partial charge is 0.444 e. The van der Waals surface area contributed by atoms with Crippen molar-refractivity contribution in [2.75, 3.05) is 13.7 Å². The van der Waals surface area contributed by atoms with Gasteiger partial charge in [0.1, 0.15) is 5.60 Å². The fraction of sp³-hybridized carbons (Fsp3) is 0.536. The lowest BCUT2D eigenvalue weighted by molar-refractivity contribution is 0.0532. The van der Waals surface area contributed by atoms with Gasteiger partial charge in [0.25, 0.3) is 0 Å². The molecule has 0 aromatic carbocycles. The minimum absolute atomic E-state index is 0.0429. The van der Waals surface area contributed by atoms with E-state index in [0.29, 0.717) is 6.54 Å². The maximum absolute atomic E-state index is 11.7. The fourth-order valence-electron chi connectivity index (χ4n) is 2.76. The molecule has 0 aliphatic heterocycles. The quantitative estimate of drug-likeness (QED) is 0.311. The van der Waals surface area contributed by atoms with Crippen LogP contribution in [0.3, 0.4) is 0 Å². The molecule has 3 atom stereocenters. The van der Waals surface area contributed by atoms with Gasteiger partial charge in [0.15, 0.2) is 0 Å². The molecule has 0 saturated heterocycles. The summed E-state index contributed by atoms with van der Waals surface area (Å²) in [5, 5.41) is 13.3. The molecule has 2 N–H and O–H groups in total. The molecule has 0 aromatic heterocycles. The molecular weight excluding hydrogens is 414 g/mol. The van der Waals surface area contributed by atoms with Crippen LogP contribution < -0.4 is 5.32 Å². The SMILES string of the molecule is C=C/C(C)=C\CC[C@@H](/C=C/C=C/[C@H](C)[C@H](O)/C(C)=C/C=C(\C)CNC(=O)OC(C)(C)C)OC. The summed E-state index contributed by atoms with van der Waals surface area (Å²) in [6, 6.07) is 0. The summed E-state index contributed by atoms with van der Waals surface area (Å²) < 4.78 is 10.7. The smallest absolute Gasteiger partial charge is 0.407 e. The first-order chi connectivity index (χ1) is 15.4. The Labute approximate surface area is 201 Å². The van der Waals surface area contributed by atoms with Crippen molar-refractivity contribution in [2.45, 2.75) is 79.1 Å². The Bertz CT molecular complexity index is 750. The average molecular weight is 460 g/mol. The average Bonchev–Trinajstić information content (AvgIpc) is 2.75. The van der Waals surface area contributed by atoms with Crippen LogP contribution in [-0.2, 0) is 9.47 Å². The van der Waals surface area contributed by atoms with Crippen LogP contribution in [0.25, 0.3) is 0 Å². The second-order valence-electron chi connectivity index (χ2n) is 9.36. The van der Waals surface area contributed by atoms with Gasteiger partial charge in [0, 0.05) is 19.6 Å². The maximum Gasteiger partial charge on any atom is 0.407 e. The Morgan fingerprint density at radius 1 is 1.12 bits per heavy atom. The number of aliphatic hydroxyl groups excluding tert-OH is 1. The molecule has 5 nitrogen and oxygen atoms in total. The van der Waals surface area contributed by atoms with E-state index in [1.165, 1.54) is 5.57 Å². The van der Waals surface area contributed by atoms with Crippen molar-refractivity contribution in [2.24, 2.45) is 5.92 Å². The molecule has 0 aliphatic carbocycles. The van der Waals surface area contributed by atoms with E-state index in [1.54, 1.807) is 7.11 Å². The van der Waals surface area contributed by atoms with E-state index < -0.39 is 17.8 Å². The molecule has 0 saturated carbocycles. The molecule has 186 valence electrons. The number of carbonyl (C=O) groups excluding carboxylic acids is 1. The van der Waals surface area contributed by atoms with E-state index in [0.717, 1.165) is 24.0 Å². The van der Waals surface area contributed by atoms with Crippen LogP contribution in [0.4, 0.5) is 4.79 Å². The van der Waals surface area contributed by atoms with Crippen LogP contribution in [0.2, 0.25) is 0 Å². The number of hydrogen-bond donors (Lipinski definition) is 2. The lowest BCUT2D eigenvalue weighted by atomic mass is 9.97. The van der Waals surface area contributed by atoms with Gasteiger partial charge < -0.3 is 19.9 Å². The fourth-order valence-corrected chi connectivity index (χ4v) is 2.76. The second-order valence-corrected chi connectivity index (χ2v) is 9.36. The van der Waals surface area contributed by atoms with Crippen molar-refractivity contribution in [1.29, 1.82) is 0 Å². The number of amides is 1. The summed E-state index contributed by atoms with van der Waals surface area (Å²) in [6.07, 6.45) is 16.6. The number of nitrogens with one attached hydrogen (secondary N) is 1. The Kier molecular flexibility index (Phi) is 15.1. The molecule has 33 heavy (non-hydrogen) atoms. The highest BCUT2D eigenvalue weighted by molar-refractivity contribution is 5.68. The van der Waals surface area contributed by atoms with Crippen LogP contribution in [-0.4, -0.2) is 42.7 Å². The molecule has 0 aromatic rings. The van der Waals surface area contributed by atoms with Gasteiger partial charge in [-0.25, -0.2) is 4.79 Å². The maximum atomic E-state index is 11.7. The molecule has 1 amide bonds. The zero-order chi connectivity index (χ0) is 25.4. The van der Waals surface area contributed by atoms with E-state index in [4.69, 9.17) is 9.47 Å². The van der Waals surface area contributed by atoms with Gasteiger partial charge in [-0.3, -0.25) is 0 Å². The number of rotatable bonds is 13. The van der Waals surface area contributed by atoms with Crippen LogP contribution in [0.15, 0.2) is 71.9 Å². The van der Waals surface area contributed by atoms with Crippen LogP contribution in [0.1, 0.15) is 61.3 Å². The van der Waals surface area contributed by atoms with E-state index >= 15 is 0 Å². The van der Waals surface area contributed by atoms with Gasteiger partial charge in [0.05, 0.1) is 12.2 Å². The Morgan fingerprint density at radius 3 is 2.33 bits per heavy atom. The number of methoxy groups -OCH3 is 1. The minimum atomic E-state index is -0.595. The van der Waals surface area contributed by atoms with Crippen molar-refractivity contribution in [3.8, 4) is 0 Å². The minimum Gasteiger partial charge on any atom is -0.444 e. The summed E-state index contributed by atoms with van der Waals surface area (Å²) in [4.78, 5) is 11.7. The summed E-state index contributed by atoms with van der Waals surface area (Å²) in [7, 11) is 1.71. The summed E-state index contributed by atoms with van der Waals surface area (Å²) in [5.41, 5.74) is 2.46. The monoisotopic (exact) mass is 459 g/mol. The number of allylic oxidation sites excluding steroid dienone is 7. The molecule has 0 aliphatic rings. The molecule has 0 rings (SSSR count). The highest BCUT2D eigenvalue weighted by atomic mass is 16.6. The number of ether oxygens (including phenoxy) is 2. The Balaban J connectivity index is 4.68. The standard InChI is InChI=1S/C28H45NO4/c1-10-21(2)14-13-17-25(32-9)16-12-11-15-23(4)26(30)24(5)19-18-22(3)20-29-27(31)33-28(6,7)8/h10-12,14-16,18-19,23,25-26,30H,1,13,17,20H2,2-9H3,(H,29,31)/b15-11+,16-12+,21-14-,22-18+,24-19+/t23-,25+,26-/m0/s1. The van der Waals surface area contributed by atoms with E-state index in [-0.39, 0.29) is 12.0 Å². The highest BCUT2D eigenvalue weighted by Gasteiger charge is 2.15. The molecule has 0 heterocycles. The molecule has 0 bridgehead atoms. The molecular formula is C28H45NO4. The summed E-state index contributed by atoms with van der Waals surface area (Å²) >= 11 is 0. The third-order valence-corrected chi connectivity index (χ3v) is 4.90. The molecule has 0 unspecified atom stereocenters. The summed E-state index contributed by atoms with van der Waals surface area (Å²) in [5.74, 6) is -0.0429. The van der Waals surface area contributed by atoms with E-state index in [2.05, 4.69) is 18.0 Å². The van der Waals surface area contributed by atoms with Gasteiger partial charge in [-0.1, -0.05) is 73.3 Å². The lowest BCUT2D eigenvalue weighted by Crippen LogP contribution is -2.33. The van der Waals surface area contributed by atoms with E-state index in [1.807, 2.05) is 91.0 Å². The highest BCUT2D eigenvalue weighted by Crippen LogP contribution is 2.15. The van der Waals surface area contributed by atoms with Gasteiger partial charge >= 0.3 is 6.09 Å².